The number of carbonyl (C=O) groups is 2. The standard InChI is InChI=1S/C24H18BrCl2NO3/c1-14(22(29)16-4-9-19(27)10-5-16)24(31)20-12-17(25)6-11-21(20)28(23(24)30)13-15-2-7-18(26)8-3-15/h2-12,14,31H,13H2,1H3. The van der Waals surface area contributed by atoms with Crippen molar-refractivity contribution in [1.82, 2.24) is 0 Å². The molecule has 1 heterocycles. The van der Waals surface area contributed by atoms with Gasteiger partial charge in [0, 0.05) is 25.6 Å². The Morgan fingerprint density at radius 2 is 1.61 bits per heavy atom. The summed E-state index contributed by atoms with van der Waals surface area (Å²) in [6.45, 7) is 1.82. The van der Waals surface area contributed by atoms with Crippen LogP contribution in [-0.2, 0) is 16.9 Å². The average Bonchev–Trinajstić information content (AvgIpc) is 2.97. The van der Waals surface area contributed by atoms with Crippen LogP contribution in [0, 0.1) is 5.92 Å². The average molecular weight is 519 g/mol. The first-order valence-corrected chi connectivity index (χ1v) is 11.2. The largest absolute Gasteiger partial charge is 0.375 e. The van der Waals surface area contributed by atoms with E-state index in [4.69, 9.17) is 23.2 Å². The fourth-order valence-electron chi connectivity index (χ4n) is 3.88. The number of Topliss-reactive ketones (excluding diaryl/α,β-unsaturated/α-hetero) is 1. The molecule has 2 atom stereocenters. The predicted molar refractivity (Wildman–Crippen MR) is 126 cm³/mol. The molecule has 7 heteroatoms. The zero-order chi connectivity index (χ0) is 22.3. The van der Waals surface area contributed by atoms with Crippen molar-refractivity contribution in [2.45, 2.75) is 19.1 Å². The Hall–Kier alpha value is -2.18. The van der Waals surface area contributed by atoms with E-state index in [1.165, 1.54) is 4.90 Å². The van der Waals surface area contributed by atoms with Gasteiger partial charge in [0.05, 0.1) is 18.2 Å². The van der Waals surface area contributed by atoms with Crippen molar-refractivity contribution < 1.29 is 14.7 Å². The Bertz CT molecular complexity index is 1160. The van der Waals surface area contributed by atoms with E-state index in [2.05, 4.69) is 15.9 Å². The van der Waals surface area contributed by atoms with Gasteiger partial charge >= 0.3 is 0 Å². The monoisotopic (exact) mass is 517 g/mol. The molecule has 2 unspecified atom stereocenters. The van der Waals surface area contributed by atoms with E-state index in [0.717, 1.165) is 5.56 Å². The molecule has 1 aliphatic heterocycles. The number of aliphatic hydroxyl groups is 1. The van der Waals surface area contributed by atoms with Gasteiger partial charge in [-0.05, 0) is 60.2 Å². The van der Waals surface area contributed by atoms with E-state index in [0.29, 0.717) is 31.3 Å². The minimum atomic E-state index is -2.00. The van der Waals surface area contributed by atoms with Gasteiger partial charge < -0.3 is 10.0 Å². The number of halogens is 3. The third kappa shape index (κ3) is 3.92. The zero-order valence-corrected chi connectivity index (χ0v) is 19.6. The molecule has 0 bridgehead atoms. The molecular formula is C24H18BrCl2NO3. The lowest BCUT2D eigenvalue weighted by Gasteiger charge is -2.28. The number of hydrogen-bond acceptors (Lipinski definition) is 3. The minimum absolute atomic E-state index is 0.245. The number of nitrogens with zero attached hydrogens (tertiary/aromatic N) is 1. The van der Waals surface area contributed by atoms with Gasteiger partial charge in [-0.1, -0.05) is 58.2 Å². The topological polar surface area (TPSA) is 57.6 Å². The number of anilines is 1. The molecule has 0 saturated heterocycles. The van der Waals surface area contributed by atoms with Gasteiger partial charge in [0.25, 0.3) is 5.91 Å². The Kier molecular flexibility index (Phi) is 5.97. The van der Waals surface area contributed by atoms with Crippen molar-refractivity contribution >= 4 is 56.5 Å². The maximum atomic E-state index is 13.6. The van der Waals surface area contributed by atoms with E-state index in [1.54, 1.807) is 61.5 Å². The van der Waals surface area contributed by atoms with Gasteiger partial charge in [-0.25, -0.2) is 0 Å². The van der Waals surface area contributed by atoms with Gasteiger partial charge in [0.2, 0.25) is 0 Å². The van der Waals surface area contributed by atoms with Gasteiger partial charge in [-0.3, -0.25) is 9.59 Å². The SMILES string of the molecule is CC(C(=O)c1ccc(Cl)cc1)C1(O)C(=O)N(Cc2ccc(Cl)cc2)c2ccc(Br)cc21. The second-order valence-corrected chi connectivity index (χ2v) is 9.33. The number of amides is 1. The molecule has 0 fully saturated rings. The number of carbonyl (C=O) groups excluding carboxylic acids is 2. The molecule has 1 amide bonds. The molecule has 1 N–H and O–H groups in total. The van der Waals surface area contributed by atoms with Crippen LogP contribution in [0.25, 0.3) is 0 Å². The molecule has 3 aromatic rings. The summed E-state index contributed by atoms with van der Waals surface area (Å²) in [5.74, 6) is -1.89. The summed E-state index contributed by atoms with van der Waals surface area (Å²) in [5.41, 5.74) is 0.206. The first-order chi connectivity index (χ1) is 14.7. The molecule has 158 valence electrons. The molecule has 0 aliphatic carbocycles. The second kappa shape index (κ2) is 8.40. The normalized spacial score (nSPS) is 18.7. The van der Waals surface area contributed by atoms with Crippen LogP contribution in [-0.4, -0.2) is 16.8 Å². The number of fused-ring (bicyclic) bond motifs is 1. The molecule has 3 aromatic carbocycles. The fraction of sp³-hybridized carbons (Fsp3) is 0.167. The highest BCUT2D eigenvalue weighted by molar-refractivity contribution is 9.10. The number of ketones is 1. The molecule has 31 heavy (non-hydrogen) atoms. The molecule has 0 aromatic heterocycles. The Labute approximate surface area is 198 Å². The Balaban J connectivity index is 1.75. The smallest absolute Gasteiger partial charge is 0.264 e. The maximum absolute atomic E-state index is 13.6. The highest BCUT2D eigenvalue weighted by atomic mass is 79.9. The maximum Gasteiger partial charge on any atom is 0.264 e. The molecule has 4 nitrogen and oxygen atoms in total. The van der Waals surface area contributed by atoms with Crippen LogP contribution in [0.3, 0.4) is 0 Å². The number of rotatable bonds is 5. The van der Waals surface area contributed by atoms with Crippen LogP contribution < -0.4 is 4.90 Å². The second-order valence-electron chi connectivity index (χ2n) is 7.54. The molecule has 0 spiro atoms. The molecule has 1 aliphatic rings. The van der Waals surface area contributed by atoms with Crippen molar-refractivity contribution in [3.05, 3.63) is 97.9 Å². The van der Waals surface area contributed by atoms with Crippen molar-refractivity contribution in [3.8, 4) is 0 Å². The van der Waals surface area contributed by atoms with E-state index in [1.807, 2.05) is 12.1 Å². The molecule has 0 saturated carbocycles. The summed E-state index contributed by atoms with van der Waals surface area (Å²) in [7, 11) is 0. The van der Waals surface area contributed by atoms with Crippen LogP contribution in [0.1, 0.15) is 28.4 Å². The van der Waals surface area contributed by atoms with Gasteiger partial charge in [-0.15, -0.1) is 0 Å². The van der Waals surface area contributed by atoms with Crippen LogP contribution in [0.4, 0.5) is 5.69 Å². The number of hydrogen-bond donors (Lipinski definition) is 1. The minimum Gasteiger partial charge on any atom is -0.375 e. The van der Waals surface area contributed by atoms with Crippen molar-refractivity contribution in [2.24, 2.45) is 5.92 Å². The van der Waals surface area contributed by atoms with E-state index in [9.17, 15) is 14.7 Å². The van der Waals surface area contributed by atoms with E-state index in [-0.39, 0.29) is 12.3 Å². The van der Waals surface area contributed by atoms with E-state index >= 15 is 0 Å². The summed E-state index contributed by atoms with van der Waals surface area (Å²) < 4.78 is 0.706. The first-order valence-electron chi connectivity index (χ1n) is 9.60. The molecule has 0 radical (unpaired) electrons. The van der Waals surface area contributed by atoms with Crippen molar-refractivity contribution in [2.75, 3.05) is 4.90 Å². The van der Waals surface area contributed by atoms with Crippen molar-refractivity contribution in [1.29, 1.82) is 0 Å². The lowest BCUT2D eigenvalue weighted by molar-refractivity contribution is -0.139. The summed E-state index contributed by atoms with van der Waals surface area (Å²) in [6, 6.07) is 18.8. The number of benzene rings is 3. The summed E-state index contributed by atoms with van der Waals surface area (Å²) >= 11 is 15.3. The third-order valence-electron chi connectivity index (χ3n) is 5.63. The summed E-state index contributed by atoms with van der Waals surface area (Å²) in [6.07, 6.45) is 0. The Morgan fingerprint density at radius 1 is 1.03 bits per heavy atom. The van der Waals surface area contributed by atoms with E-state index < -0.39 is 17.4 Å². The van der Waals surface area contributed by atoms with Gasteiger partial charge in [0.1, 0.15) is 0 Å². The van der Waals surface area contributed by atoms with Gasteiger partial charge in [0.15, 0.2) is 11.4 Å². The highest BCUT2D eigenvalue weighted by Gasteiger charge is 2.55. The summed E-state index contributed by atoms with van der Waals surface area (Å²) in [4.78, 5) is 28.3. The van der Waals surface area contributed by atoms with Crippen LogP contribution >= 0.6 is 39.1 Å². The molecular weight excluding hydrogens is 501 g/mol. The predicted octanol–water partition coefficient (Wildman–Crippen LogP) is 6.01. The summed E-state index contributed by atoms with van der Waals surface area (Å²) in [5, 5.41) is 12.8. The van der Waals surface area contributed by atoms with Crippen LogP contribution in [0.2, 0.25) is 10.0 Å². The van der Waals surface area contributed by atoms with Crippen LogP contribution in [0.15, 0.2) is 71.2 Å². The first kappa shape index (κ1) is 22.0. The van der Waals surface area contributed by atoms with Crippen molar-refractivity contribution in [3.63, 3.8) is 0 Å². The fourth-order valence-corrected chi connectivity index (χ4v) is 4.49. The molecule has 4 rings (SSSR count). The lowest BCUT2D eigenvalue weighted by atomic mass is 9.79. The zero-order valence-electron chi connectivity index (χ0n) is 16.5. The highest BCUT2D eigenvalue weighted by Crippen LogP contribution is 2.47. The third-order valence-corrected chi connectivity index (χ3v) is 6.63. The van der Waals surface area contributed by atoms with Crippen LogP contribution in [0.5, 0.6) is 0 Å². The lowest BCUT2D eigenvalue weighted by Crippen LogP contribution is -2.47. The Morgan fingerprint density at radius 3 is 2.23 bits per heavy atom. The van der Waals surface area contributed by atoms with Gasteiger partial charge in [-0.2, -0.15) is 0 Å². The quantitative estimate of drug-likeness (QED) is 0.421.